The summed E-state index contributed by atoms with van der Waals surface area (Å²) in [5, 5.41) is 3.78. The Bertz CT molecular complexity index is 873. The molecule has 3 rings (SSSR count). The van der Waals surface area contributed by atoms with Crippen LogP contribution in [0.2, 0.25) is 0 Å². The summed E-state index contributed by atoms with van der Waals surface area (Å²) in [6.45, 7) is -0.00139. The van der Waals surface area contributed by atoms with Gasteiger partial charge in [0.25, 0.3) is 0 Å². The number of aromatic nitrogens is 1. The van der Waals surface area contributed by atoms with Crippen LogP contribution in [0.15, 0.2) is 24.3 Å². The highest BCUT2D eigenvalue weighted by Crippen LogP contribution is 2.31. The minimum atomic E-state index is -4.38. The van der Waals surface area contributed by atoms with Gasteiger partial charge in [0.2, 0.25) is 0 Å². The Balaban J connectivity index is 0.00000210. The fourth-order valence-electron chi connectivity index (χ4n) is 3.42. The minimum absolute atomic E-state index is 0. The molecule has 1 aliphatic heterocycles. The topological polar surface area (TPSA) is 46.2 Å². The molecule has 1 aromatic carbocycles. The van der Waals surface area contributed by atoms with Gasteiger partial charge in [-0.3, -0.25) is 0 Å². The lowest BCUT2D eigenvalue weighted by atomic mass is 10.0. The molecule has 1 saturated heterocycles. The molecule has 0 unspecified atom stereocenters. The first-order valence-corrected chi connectivity index (χ1v) is 8.75. The lowest BCUT2D eigenvalue weighted by Gasteiger charge is -2.33. The number of halogens is 6. The van der Waals surface area contributed by atoms with E-state index in [0.29, 0.717) is 29.6 Å². The Kier molecular flexibility index (Phi) is 9.09. The number of alkyl halides is 4. The van der Waals surface area contributed by atoms with E-state index in [1.807, 2.05) is 11.9 Å². The molecule has 2 atom stereocenters. The van der Waals surface area contributed by atoms with E-state index in [1.165, 1.54) is 0 Å². The van der Waals surface area contributed by atoms with Gasteiger partial charge in [0.1, 0.15) is 12.7 Å². The lowest BCUT2D eigenvalue weighted by molar-refractivity contribution is -0.140. The van der Waals surface area contributed by atoms with Crippen LogP contribution in [0, 0.1) is 11.8 Å². The number of benzene rings is 1. The van der Waals surface area contributed by atoms with Crippen LogP contribution >= 0.6 is 24.8 Å². The molecular weight excluding hydrogens is 431 g/mol. The number of rotatable bonds is 3. The van der Waals surface area contributed by atoms with E-state index in [-0.39, 0.29) is 43.1 Å². The second-order valence-electron chi connectivity index (χ2n) is 6.79. The van der Waals surface area contributed by atoms with E-state index >= 15 is 0 Å². The Morgan fingerprint density at radius 3 is 2.62 bits per heavy atom. The molecular formula is C19H24Cl2F4N4. The van der Waals surface area contributed by atoms with E-state index in [0.717, 1.165) is 11.1 Å². The van der Waals surface area contributed by atoms with Crippen molar-refractivity contribution in [2.24, 2.45) is 5.73 Å². The fraction of sp³-hybridized carbons (Fsp3) is 0.474. The van der Waals surface area contributed by atoms with Gasteiger partial charge in [-0.25, -0.2) is 4.39 Å². The van der Waals surface area contributed by atoms with Crippen LogP contribution in [0.25, 0.3) is 10.9 Å². The van der Waals surface area contributed by atoms with E-state index in [2.05, 4.69) is 17.2 Å². The van der Waals surface area contributed by atoms with Gasteiger partial charge in [-0.2, -0.15) is 13.2 Å². The molecule has 0 amide bonds. The predicted molar refractivity (Wildman–Crippen MR) is 113 cm³/mol. The molecule has 29 heavy (non-hydrogen) atoms. The van der Waals surface area contributed by atoms with E-state index in [9.17, 15) is 17.6 Å². The molecule has 4 nitrogen and oxygen atoms in total. The molecule has 1 aromatic heterocycles. The van der Waals surface area contributed by atoms with Crippen molar-refractivity contribution >= 4 is 41.4 Å². The van der Waals surface area contributed by atoms with Crippen molar-refractivity contribution in [2.45, 2.75) is 31.4 Å². The first kappa shape index (κ1) is 25.4. The van der Waals surface area contributed by atoms with Crippen molar-refractivity contribution < 1.29 is 17.6 Å². The number of fused-ring (bicyclic) bond motifs is 1. The Hall–Kier alpha value is -1.66. The summed E-state index contributed by atoms with van der Waals surface area (Å²) in [4.78, 5) is 1.92. The fourth-order valence-corrected chi connectivity index (χ4v) is 3.42. The third kappa shape index (κ3) is 6.16. The van der Waals surface area contributed by atoms with Crippen molar-refractivity contribution in [3.05, 3.63) is 30.0 Å². The van der Waals surface area contributed by atoms with Gasteiger partial charge in [0.05, 0.1) is 23.8 Å². The standard InChI is InChI=1S/C19H22F4N4.2ClH/c1-26-9-7-17(15(20)11-26)25-16-5-2-6-18-14(16)10-13(4-3-8-24)27(18)12-19(21,22)23;;/h2,5-6,10,15,17,25H,7-9,11-12,24H2,1H3;2*1H/t15-,17+;;/m0../s1. The van der Waals surface area contributed by atoms with Crippen LogP contribution in [0.5, 0.6) is 0 Å². The lowest BCUT2D eigenvalue weighted by Crippen LogP contribution is -2.46. The van der Waals surface area contributed by atoms with Crippen molar-refractivity contribution in [2.75, 3.05) is 32.0 Å². The predicted octanol–water partition coefficient (Wildman–Crippen LogP) is 3.81. The molecule has 0 spiro atoms. The molecule has 0 bridgehead atoms. The summed E-state index contributed by atoms with van der Waals surface area (Å²) in [7, 11) is 1.86. The second kappa shape index (κ2) is 10.4. The van der Waals surface area contributed by atoms with Gasteiger partial charge < -0.3 is 20.5 Å². The zero-order valence-corrected chi connectivity index (χ0v) is 17.4. The van der Waals surface area contributed by atoms with Gasteiger partial charge in [0.15, 0.2) is 0 Å². The van der Waals surface area contributed by atoms with E-state index < -0.39 is 18.9 Å². The van der Waals surface area contributed by atoms with Crippen LogP contribution in [-0.2, 0) is 6.54 Å². The SMILES string of the molecule is CN1CC[C@@H](Nc2cccc3c2cc(C#CCN)n3CC(F)(F)F)[C@@H](F)C1.Cl.Cl. The third-order valence-corrected chi connectivity index (χ3v) is 4.69. The number of hydrogen-bond donors (Lipinski definition) is 2. The molecule has 1 fully saturated rings. The Morgan fingerprint density at radius 1 is 1.28 bits per heavy atom. The highest BCUT2D eigenvalue weighted by molar-refractivity contribution is 5.94. The zero-order valence-electron chi connectivity index (χ0n) is 15.8. The molecule has 1 aliphatic rings. The van der Waals surface area contributed by atoms with E-state index in [1.54, 1.807) is 24.3 Å². The zero-order chi connectivity index (χ0) is 19.6. The van der Waals surface area contributed by atoms with Crippen molar-refractivity contribution in [1.82, 2.24) is 9.47 Å². The number of nitrogens with one attached hydrogen (secondary N) is 1. The number of anilines is 1. The average molecular weight is 455 g/mol. The highest BCUT2D eigenvalue weighted by atomic mass is 35.5. The van der Waals surface area contributed by atoms with Crippen molar-refractivity contribution in [1.29, 1.82) is 0 Å². The first-order valence-electron chi connectivity index (χ1n) is 8.75. The summed E-state index contributed by atoms with van der Waals surface area (Å²) in [6, 6.07) is 6.26. The van der Waals surface area contributed by atoms with Gasteiger partial charge in [-0.15, -0.1) is 24.8 Å². The smallest absolute Gasteiger partial charge is 0.379 e. The van der Waals surface area contributed by atoms with Crippen molar-refractivity contribution in [3.8, 4) is 11.8 Å². The van der Waals surface area contributed by atoms with Gasteiger partial charge in [-0.05, 0) is 37.6 Å². The molecule has 2 aromatic rings. The van der Waals surface area contributed by atoms with Gasteiger partial charge >= 0.3 is 6.18 Å². The maximum atomic E-state index is 14.4. The van der Waals surface area contributed by atoms with Crippen molar-refractivity contribution in [3.63, 3.8) is 0 Å². The largest absolute Gasteiger partial charge is 0.406 e. The van der Waals surface area contributed by atoms with E-state index in [4.69, 9.17) is 5.73 Å². The molecule has 3 N–H and O–H groups in total. The summed E-state index contributed by atoms with van der Waals surface area (Å²) in [6.07, 6.45) is -4.81. The number of piperidine rings is 1. The van der Waals surface area contributed by atoms with Crippen LogP contribution in [-0.4, -0.2) is 54.5 Å². The molecule has 0 aliphatic carbocycles. The molecule has 0 radical (unpaired) electrons. The maximum absolute atomic E-state index is 14.4. The second-order valence-corrected chi connectivity index (χ2v) is 6.79. The van der Waals surface area contributed by atoms with Crippen LogP contribution < -0.4 is 11.1 Å². The van der Waals surface area contributed by atoms with Crippen LogP contribution in [0.3, 0.4) is 0 Å². The summed E-state index contributed by atoms with van der Waals surface area (Å²) >= 11 is 0. The maximum Gasteiger partial charge on any atom is 0.406 e. The summed E-state index contributed by atoms with van der Waals surface area (Å²) in [5.74, 6) is 5.32. The Labute approximate surface area is 179 Å². The molecule has 0 saturated carbocycles. The van der Waals surface area contributed by atoms with Crippen LogP contribution in [0.4, 0.5) is 23.2 Å². The summed E-state index contributed by atoms with van der Waals surface area (Å²) in [5.41, 5.74) is 6.62. The minimum Gasteiger partial charge on any atom is -0.379 e. The quantitative estimate of drug-likeness (QED) is 0.547. The Morgan fingerprint density at radius 2 is 2.00 bits per heavy atom. The number of likely N-dealkylation sites (tertiary alicyclic amines) is 1. The van der Waals surface area contributed by atoms with Crippen LogP contribution in [0.1, 0.15) is 12.1 Å². The van der Waals surface area contributed by atoms with Gasteiger partial charge in [0, 0.05) is 24.2 Å². The molecule has 162 valence electrons. The number of hydrogen-bond acceptors (Lipinski definition) is 3. The monoisotopic (exact) mass is 454 g/mol. The average Bonchev–Trinajstić information content (AvgIpc) is 2.92. The molecule has 10 heteroatoms. The number of nitrogens with zero attached hydrogens (tertiary/aromatic N) is 2. The number of nitrogens with two attached hydrogens (primary N) is 1. The third-order valence-electron chi connectivity index (χ3n) is 4.69. The summed E-state index contributed by atoms with van der Waals surface area (Å²) < 4.78 is 54.6. The normalized spacial score (nSPS) is 19.7. The highest BCUT2D eigenvalue weighted by Gasteiger charge is 2.31. The molecule has 2 heterocycles. The first-order chi connectivity index (χ1) is 12.8. The van der Waals surface area contributed by atoms with Gasteiger partial charge in [-0.1, -0.05) is 12.0 Å².